The van der Waals surface area contributed by atoms with Gasteiger partial charge in [0.05, 0.1) is 7.11 Å². The van der Waals surface area contributed by atoms with E-state index in [1.165, 1.54) is 0 Å². The normalized spacial score (nSPS) is 12.6. The van der Waals surface area contributed by atoms with Crippen molar-refractivity contribution in [2.75, 3.05) is 18.2 Å². The van der Waals surface area contributed by atoms with Crippen LogP contribution in [0.15, 0.2) is 0 Å². The second kappa shape index (κ2) is 6.08. The van der Waals surface area contributed by atoms with Gasteiger partial charge in [-0.25, -0.2) is 4.98 Å². The third-order valence-electron chi connectivity index (χ3n) is 3.07. The molecule has 0 saturated carbocycles. The van der Waals surface area contributed by atoms with Crippen molar-refractivity contribution in [2.45, 2.75) is 66.3 Å². The van der Waals surface area contributed by atoms with E-state index in [1.807, 2.05) is 0 Å². The third-order valence-corrected chi connectivity index (χ3v) is 3.07. The van der Waals surface area contributed by atoms with Gasteiger partial charge in [0, 0.05) is 11.5 Å². The number of methoxy groups -OCH3 is 1. The van der Waals surface area contributed by atoms with Crippen LogP contribution in [-0.4, -0.2) is 22.6 Å². The molecule has 0 radical (unpaired) electrons. The van der Waals surface area contributed by atoms with Gasteiger partial charge in [-0.2, -0.15) is 4.98 Å². The molecule has 1 rings (SSSR count). The first-order chi connectivity index (χ1) is 9.45. The number of hydrogen-bond donors (Lipinski definition) is 2. The summed E-state index contributed by atoms with van der Waals surface area (Å²) >= 11 is 0. The van der Waals surface area contributed by atoms with E-state index in [-0.39, 0.29) is 16.9 Å². The van der Waals surface area contributed by atoms with Crippen molar-refractivity contribution in [1.82, 2.24) is 9.97 Å². The fourth-order valence-electron chi connectivity index (χ4n) is 2.66. The highest BCUT2D eigenvalue weighted by Gasteiger charge is 2.27. The fourth-order valence-corrected chi connectivity index (χ4v) is 2.66. The Kier molecular flexibility index (Phi) is 5.07. The van der Waals surface area contributed by atoms with Crippen molar-refractivity contribution in [3.8, 4) is 5.88 Å². The van der Waals surface area contributed by atoms with Crippen molar-refractivity contribution in [1.29, 1.82) is 0 Å². The maximum atomic E-state index is 6.12. The van der Waals surface area contributed by atoms with E-state index in [2.05, 4.69) is 63.8 Å². The molecule has 1 aromatic heterocycles. The summed E-state index contributed by atoms with van der Waals surface area (Å²) in [7, 11) is 1.58. The van der Waals surface area contributed by atoms with Crippen LogP contribution in [0.4, 0.5) is 11.5 Å². The molecule has 21 heavy (non-hydrogen) atoms. The van der Waals surface area contributed by atoms with Crippen molar-refractivity contribution in [3.05, 3.63) is 5.82 Å². The molecule has 0 aliphatic heterocycles. The molecule has 5 nitrogen and oxygen atoms in total. The van der Waals surface area contributed by atoms with Gasteiger partial charge in [0.15, 0.2) is 5.82 Å². The minimum absolute atomic E-state index is 0.125. The summed E-state index contributed by atoms with van der Waals surface area (Å²) in [5, 5.41) is 3.46. The molecule has 0 unspecified atom stereocenters. The summed E-state index contributed by atoms with van der Waals surface area (Å²) in [5.41, 5.74) is 6.67. The molecule has 0 bridgehead atoms. The fraction of sp³-hybridized carbons (Fsp3) is 0.750. The van der Waals surface area contributed by atoms with Gasteiger partial charge in [-0.3, -0.25) is 0 Å². The number of aromatic nitrogens is 2. The standard InChI is InChI=1S/C16H30N4O/c1-10(2)12-18-13(11(17)14(19-12)21-8)20-16(6,7)9-15(3,4)5/h10H,9,17H2,1-8H3,(H,18,19,20). The van der Waals surface area contributed by atoms with E-state index >= 15 is 0 Å². The first-order valence-corrected chi connectivity index (χ1v) is 7.45. The summed E-state index contributed by atoms with van der Waals surface area (Å²) in [6.45, 7) is 15.1. The van der Waals surface area contributed by atoms with Crippen LogP contribution >= 0.6 is 0 Å². The number of rotatable bonds is 5. The monoisotopic (exact) mass is 294 g/mol. The molecule has 0 aliphatic rings. The minimum Gasteiger partial charge on any atom is -0.479 e. The van der Waals surface area contributed by atoms with Gasteiger partial charge < -0.3 is 15.8 Å². The number of ether oxygens (including phenoxy) is 1. The second-order valence-electron chi connectivity index (χ2n) is 7.75. The Balaban J connectivity index is 3.15. The number of nitrogen functional groups attached to an aromatic ring is 1. The van der Waals surface area contributed by atoms with Crippen LogP contribution < -0.4 is 15.8 Å². The summed E-state index contributed by atoms with van der Waals surface area (Å²) < 4.78 is 5.28. The van der Waals surface area contributed by atoms with Crippen LogP contribution in [0.5, 0.6) is 5.88 Å². The lowest BCUT2D eigenvalue weighted by Crippen LogP contribution is -2.36. The molecule has 5 heteroatoms. The first-order valence-electron chi connectivity index (χ1n) is 7.45. The summed E-state index contributed by atoms with van der Waals surface area (Å²) in [5.74, 6) is 2.03. The van der Waals surface area contributed by atoms with E-state index in [0.29, 0.717) is 17.4 Å². The average molecular weight is 294 g/mol. The van der Waals surface area contributed by atoms with Crippen molar-refractivity contribution in [2.24, 2.45) is 5.41 Å². The molecular formula is C16H30N4O. The Morgan fingerprint density at radius 3 is 2.14 bits per heavy atom. The number of anilines is 2. The van der Waals surface area contributed by atoms with Gasteiger partial charge >= 0.3 is 0 Å². The molecule has 0 fully saturated rings. The first kappa shape index (κ1) is 17.5. The summed E-state index contributed by atoms with van der Waals surface area (Å²) in [4.78, 5) is 8.93. The summed E-state index contributed by atoms with van der Waals surface area (Å²) in [6, 6.07) is 0. The highest BCUT2D eigenvalue weighted by molar-refractivity contribution is 5.67. The lowest BCUT2D eigenvalue weighted by atomic mass is 9.82. The van der Waals surface area contributed by atoms with E-state index in [9.17, 15) is 0 Å². The lowest BCUT2D eigenvalue weighted by Gasteiger charge is -2.34. The molecule has 0 spiro atoms. The summed E-state index contributed by atoms with van der Waals surface area (Å²) in [6.07, 6.45) is 0.989. The predicted molar refractivity (Wildman–Crippen MR) is 88.9 cm³/mol. The molecule has 0 atom stereocenters. The van der Waals surface area contributed by atoms with Gasteiger partial charge in [-0.1, -0.05) is 34.6 Å². The molecule has 120 valence electrons. The van der Waals surface area contributed by atoms with E-state index < -0.39 is 0 Å². The maximum Gasteiger partial charge on any atom is 0.242 e. The Bertz CT molecular complexity index is 490. The zero-order valence-electron chi connectivity index (χ0n) is 14.7. The van der Waals surface area contributed by atoms with Crippen molar-refractivity contribution < 1.29 is 4.74 Å². The average Bonchev–Trinajstić information content (AvgIpc) is 2.27. The van der Waals surface area contributed by atoms with Crippen LogP contribution in [0, 0.1) is 5.41 Å². The van der Waals surface area contributed by atoms with Gasteiger partial charge in [0.2, 0.25) is 5.88 Å². The third kappa shape index (κ3) is 5.06. The largest absolute Gasteiger partial charge is 0.479 e. The van der Waals surface area contributed by atoms with Crippen LogP contribution in [0.1, 0.15) is 66.6 Å². The minimum atomic E-state index is -0.125. The van der Waals surface area contributed by atoms with E-state index in [0.717, 1.165) is 12.2 Å². The Hall–Kier alpha value is -1.52. The van der Waals surface area contributed by atoms with Gasteiger partial charge in [-0.15, -0.1) is 0 Å². The molecule has 0 saturated heterocycles. The van der Waals surface area contributed by atoms with E-state index in [1.54, 1.807) is 7.11 Å². The number of nitrogens with one attached hydrogen (secondary N) is 1. The number of nitrogens with zero attached hydrogens (tertiary/aromatic N) is 2. The second-order valence-corrected chi connectivity index (χ2v) is 7.75. The number of hydrogen-bond acceptors (Lipinski definition) is 5. The van der Waals surface area contributed by atoms with E-state index in [4.69, 9.17) is 10.5 Å². The lowest BCUT2D eigenvalue weighted by molar-refractivity contribution is 0.302. The van der Waals surface area contributed by atoms with Gasteiger partial charge in [0.25, 0.3) is 0 Å². The smallest absolute Gasteiger partial charge is 0.242 e. The Morgan fingerprint density at radius 2 is 1.71 bits per heavy atom. The predicted octanol–water partition coefficient (Wildman–Crippen LogP) is 3.82. The molecule has 1 aromatic rings. The van der Waals surface area contributed by atoms with Crippen LogP contribution in [-0.2, 0) is 0 Å². The maximum absolute atomic E-state index is 6.12. The highest BCUT2D eigenvalue weighted by atomic mass is 16.5. The van der Waals surface area contributed by atoms with Crippen molar-refractivity contribution >= 4 is 11.5 Å². The molecule has 0 aliphatic carbocycles. The molecule has 0 aromatic carbocycles. The quantitative estimate of drug-likeness (QED) is 0.863. The zero-order valence-corrected chi connectivity index (χ0v) is 14.7. The Morgan fingerprint density at radius 1 is 1.14 bits per heavy atom. The number of nitrogens with two attached hydrogens (primary N) is 1. The van der Waals surface area contributed by atoms with Gasteiger partial charge in [0.1, 0.15) is 11.5 Å². The molecule has 1 heterocycles. The zero-order chi connectivity index (χ0) is 16.4. The highest BCUT2D eigenvalue weighted by Crippen LogP contribution is 2.33. The van der Waals surface area contributed by atoms with Crippen LogP contribution in [0.2, 0.25) is 0 Å². The van der Waals surface area contributed by atoms with Crippen molar-refractivity contribution in [3.63, 3.8) is 0 Å². The van der Waals surface area contributed by atoms with Gasteiger partial charge in [-0.05, 0) is 25.7 Å². The van der Waals surface area contributed by atoms with Crippen LogP contribution in [0.3, 0.4) is 0 Å². The topological polar surface area (TPSA) is 73.1 Å². The molecular weight excluding hydrogens is 264 g/mol. The molecule has 0 amide bonds. The Labute approximate surface area is 128 Å². The SMILES string of the molecule is COc1nc(C(C)C)nc(NC(C)(C)CC(C)(C)C)c1N. The molecule has 3 N–H and O–H groups in total. The van der Waals surface area contributed by atoms with Crippen LogP contribution in [0.25, 0.3) is 0 Å².